The summed E-state index contributed by atoms with van der Waals surface area (Å²) < 4.78 is 1.29. The van der Waals surface area contributed by atoms with E-state index in [9.17, 15) is 19.5 Å². The molecule has 0 aromatic carbocycles. The van der Waals surface area contributed by atoms with E-state index in [-0.39, 0.29) is 30.4 Å². The molecule has 2 aromatic heterocycles. The third-order valence-electron chi connectivity index (χ3n) is 3.54. The topological polar surface area (TPSA) is 109 Å². The molecule has 0 saturated heterocycles. The summed E-state index contributed by atoms with van der Waals surface area (Å²) in [6.07, 6.45) is 2.67. The first kappa shape index (κ1) is 18.6. The second-order valence-electron chi connectivity index (χ2n) is 5.29. The highest BCUT2D eigenvalue weighted by Gasteiger charge is 2.16. The molecule has 2 rings (SSSR count). The molecule has 1 amide bonds. The molecule has 0 saturated carbocycles. The van der Waals surface area contributed by atoms with Crippen LogP contribution >= 0.6 is 11.3 Å². The molecule has 8 heteroatoms. The molecule has 0 aliphatic rings. The fraction of sp³-hybridized carbons (Fsp3) is 0.235. The van der Waals surface area contributed by atoms with Crippen molar-refractivity contribution >= 4 is 29.1 Å². The van der Waals surface area contributed by atoms with E-state index in [1.165, 1.54) is 29.8 Å². The van der Waals surface area contributed by atoms with Crippen LogP contribution in [0.15, 0.2) is 29.1 Å². The maximum absolute atomic E-state index is 12.2. The Bertz CT molecular complexity index is 895. The molecule has 2 heterocycles. The molecule has 3 N–H and O–H groups in total. The Morgan fingerprint density at radius 1 is 1.36 bits per heavy atom. The number of pyridine rings is 1. The van der Waals surface area contributed by atoms with Crippen molar-refractivity contribution in [2.75, 3.05) is 13.2 Å². The summed E-state index contributed by atoms with van der Waals surface area (Å²) in [7, 11) is 1.52. The van der Waals surface area contributed by atoms with E-state index in [2.05, 4.69) is 5.32 Å². The van der Waals surface area contributed by atoms with Crippen LogP contribution in [0.1, 0.15) is 30.6 Å². The van der Waals surface area contributed by atoms with E-state index in [4.69, 9.17) is 5.11 Å². The van der Waals surface area contributed by atoms with E-state index in [1.807, 2.05) is 0 Å². The SMILES string of the molecule is Cc1cc(O)c(C(=O)C=Cc2ccc(C(=O)NCCO)s2)c(=O)n1C. The Labute approximate surface area is 147 Å². The van der Waals surface area contributed by atoms with E-state index in [0.29, 0.717) is 15.4 Å². The maximum Gasteiger partial charge on any atom is 0.265 e. The van der Waals surface area contributed by atoms with Gasteiger partial charge in [0.25, 0.3) is 11.5 Å². The second kappa shape index (κ2) is 7.91. The van der Waals surface area contributed by atoms with Crippen LogP contribution in [-0.4, -0.2) is 39.6 Å². The number of hydrogen-bond acceptors (Lipinski definition) is 6. The standard InChI is InChI=1S/C17H18N2O5S/c1-10-9-13(22)15(17(24)19(10)2)12(21)5-3-11-4-6-14(25-11)16(23)18-7-8-20/h3-6,9,20,22H,7-8H2,1-2H3,(H,18,23). The first-order valence-electron chi connectivity index (χ1n) is 7.46. The molecule has 132 valence electrons. The van der Waals surface area contributed by atoms with Gasteiger partial charge in [-0.2, -0.15) is 0 Å². The molecule has 0 fully saturated rings. The van der Waals surface area contributed by atoms with Crippen LogP contribution in [0.5, 0.6) is 5.75 Å². The van der Waals surface area contributed by atoms with Crippen molar-refractivity contribution in [2.45, 2.75) is 6.92 Å². The number of nitrogens with one attached hydrogen (secondary N) is 1. The van der Waals surface area contributed by atoms with Gasteiger partial charge in [0.15, 0.2) is 5.78 Å². The van der Waals surface area contributed by atoms with Crippen molar-refractivity contribution < 1.29 is 19.8 Å². The molecule has 0 unspecified atom stereocenters. The third kappa shape index (κ3) is 4.23. The summed E-state index contributed by atoms with van der Waals surface area (Å²) >= 11 is 1.16. The average Bonchev–Trinajstić information content (AvgIpc) is 3.05. The highest BCUT2D eigenvalue weighted by Crippen LogP contribution is 2.19. The highest BCUT2D eigenvalue weighted by atomic mass is 32.1. The quantitative estimate of drug-likeness (QED) is 0.526. The fourth-order valence-corrected chi connectivity index (χ4v) is 2.93. The molecule has 0 bridgehead atoms. The van der Waals surface area contributed by atoms with Gasteiger partial charge in [0.05, 0.1) is 11.5 Å². The van der Waals surface area contributed by atoms with Gasteiger partial charge in [-0.15, -0.1) is 11.3 Å². The van der Waals surface area contributed by atoms with Gasteiger partial charge in [0.1, 0.15) is 11.3 Å². The lowest BCUT2D eigenvalue weighted by Gasteiger charge is -2.07. The van der Waals surface area contributed by atoms with E-state index in [0.717, 1.165) is 11.3 Å². The molecule has 7 nitrogen and oxygen atoms in total. The smallest absolute Gasteiger partial charge is 0.265 e. The van der Waals surface area contributed by atoms with Crippen LogP contribution in [-0.2, 0) is 7.05 Å². The van der Waals surface area contributed by atoms with Crippen LogP contribution in [0.2, 0.25) is 0 Å². The zero-order chi connectivity index (χ0) is 18.6. The number of aliphatic hydroxyl groups excluding tert-OH is 1. The van der Waals surface area contributed by atoms with Crippen molar-refractivity contribution in [1.29, 1.82) is 0 Å². The number of carbonyl (C=O) groups excluding carboxylic acids is 2. The van der Waals surface area contributed by atoms with Crippen LogP contribution < -0.4 is 10.9 Å². The maximum atomic E-state index is 12.2. The summed E-state index contributed by atoms with van der Waals surface area (Å²) in [6.45, 7) is 1.67. The van der Waals surface area contributed by atoms with Crippen molar-refractivity contribution in [3.63, 3.8) is 0 Å². The largest absolute Gasteiger partial charge is 0.507 e. The highest BCUT2D eigenvalue weighted by molar-refractivity contribution is 7.14. The predicted octanol–water partition coefficient (Wildman–Crippen LogP) is 1.08. The monoisotopic (exact) mass is 362 g/mol. The first-order valence-corrected chi connectivity index (χ1v) is 8.27. The number of aromatic hydroxyl groups is 1. The lowest BCUT2D eigenvalue weighted by atomic mass is 10.1. The number of carbonyl (C=O) groups is 2. The summed E-state index contributed by atoms with van der Waals surface area (Å²) in [5.41, 5.74) is -0.316. The summed E-state index contributed by atoms with van der Waals surface area (Å²) in [6, 6.07) is 4.62. The number of aromatic nitrogens is 1. The zero-order valence-electron chi connectivity index (χ0n) is 13.8. The zero-order valence-corrected chi connectivity index (χ0v) is 14.6. The number of nitrogens with zero attached hydrogens (tertiary/aromatic N) is 1. The molecule has 0 aliphatic heterocycles. The van der Waals surface area contributed by atoms with Gasteiger partial charge in [0.2, 0.25) is 0 Å². The van der Waals surface area contributed by atoms with Gasteiger partial charge in [-0.3, -0.25) is 14.4 Å². The molecule has 0 atom stereocenters. The van der Waals surface area contributed by atoms with E-state index in [1.54, 1.807) is 19.1 Å². The molecule has 0 spiro atoms. The van der Waals surface area contributed by atoms with Crippen LogP contribution in [0.25, 0.3) is 6.08 Å². The van der Waals surface area contributed by atoms with Crippen molar-refractivity contribution in [1.82, 2.24) is 9.88 Å². The van der Waals surface area contributed by atoms with Crippen LogP contribution in [0.4, 0.5) is 0 Å². The van der Waals surface area contributed by atoms with Crippen molar-refractivity contribution in [3.05, 3.63) is 55.6 Å². The lowest BCUT2D eigenvalue weighted by Crippen LogP contribution is -2.25. The number of hydrogen-bond donors (Lipinski definition) is 3. The summed E-state index contributed by atoms with van der Waals surface area (Å²) in [5.74, 6) is -1.28. The van der Waals surface area contributed by atoms with Gasteiger partial charge < -0.3 is 20.1 Å². The minimum Gasteiger partial charge on any atom is -0.507 e. The minimum atomic E-state index is -0.613. The molecular formula is C17H18N2O5S. The molecule has 0 aliphatic carbocycles. The van der Waals surface area contributed by atoms with Gasteiger partial charge in [0, 0.05) is 30.2 Å². The van der Waals surface area contributed by atoms with Crippen LogP contribution in [0.3, 0.4) is 0 Å². The summed E-state index contributed by atoms with van der Waals surface area (Å²) in [4.78, 5) is 37.2. The molecular weight excluding hydrogens is 344 g/mol. The number of amides is 1. The lowest BCUT2D eigenvalue weighted by molar-refractivity contribution is 0.0948. The molecule has 2 aromatic rings. The Kier molecular flexibility index (Phi) is 5.89. The Morgan fingerprint density at radius 3 is 2.76 bits per heavy atom. The van der Waals surface area contributed by atoms with Gasteiger partial charge in [-0.05, 0) is 31.2 Å². The Balaban J connectivity index is 2.19. The first-order chi connectivity index (χ1) is 11.8. The fourth-order valence-electron chi connectivity index (χ4n) is 2.10. The number of allylic oxidation sites excluding steroid dienone is 1. The number of ketones is 1. The normalized spacial score (nSPS) is 11.0. The summed E-state index contributed by atoms with van der Waals surface area (Å²) in [5, 5.41) is 21.1. The average molecular weight is 362 g/mol. The number of rotatable bonds is 6. The Hall–Kier alpha value is -2.71. The molecule has 0 radical (unpaired) electrons. The van der Waals surface area contributed by atoms with Gasteiger partial charge >= 0.3 is 0 Å². The number of aliphatic hydroxyl groups is 1. The van der Waals surface area contributed by atoms with Gasteiger partial charge in [-0.1, -0.05) is 0 Å². The van der Waals surface area contributed by atoms with Crippen LogP contribution in [0, 0.1) is 6.92 Å². The molecule has 25 heavy (non-hydrogen) atoms. The number of thiophene rings is 1. The third-order valence-corrected chi connectivity index (χ3v) is 4.59. The van der Waals surface area contributed by atoms with Gasteiger partial charge in [-0.25, -0.2) is 0 Å². The predicted molar refractivity (Wildman–Crippen MR) is 95.2 cm³/mol. The second-order valence-corrected chi connectivity index (χ2v) is 6.40. The van der Waals surface area contributed by atoms with E-state index >= 15 is 0 Å². The van der Waals surface area contributed by atoms with Crippen molar-refractivity contribution in [2.24, 2.45) is 7.05 Å². The van der Waals surface area contributed by atoms with Crippen molar-refractivity contribution in [3.8, 4) is 5.75 Å². The number of aryl methyl sites for hydroxylation is 1. The minimum absolute atomic E-state index is 0.145. The Morgan fingerprint density at radius 2 is 2.08 bits per heavy atom. The van der Waals surface area contributed by atoms with E-state index < -0.39 is 11.3 Å².